The zero-order chi connectivity index (χ0) is 40.5. The summed E-state index contributed by atoms with van der Waals surface area (Å²) in [6.07, 6.45) is -2.89. The Morgan fingerprint density at radius 3 is 1.85 bits per heavy atom. The number of hydrogen-bond acceptors (Lipinski definition) is 8. The number of cyclic esters (lactones) is 1. The lowest BCUT2D eigenvalue weighted by Crippen LogP contribution is -2.68. The van der Waals surface area contributed by atoms with Gasteiger partial charge in [0, 0.05) is 19.6 Å². The third kappa shape index (κ3) is 10.8. The SMILES string of the molecule is CC(C)(C)[Si](C)(C)OC[C@H](OCOCC[Si](C)(C)C)[C@H]1OC(=O)[C@@](CO[Si](c2ccccc2)(c2ccccc2)C(C)(C)C)(N=[N+]=[N-])[C@H]1OCc1ccccc1. The highest BCUT2D eigenvalue weighted by Gasteiger charge is 2.63. The summed E-state index contributed by atoms with van der Waals surface area (Å²) in [5, 5.41) is 5.83. The molecule has 3 aromatic rings. The third-order valence-electron chi connectivity index (χ3n) is 10.9. The van der Waals surface area contributed by atoms with Gasteiger partial charge in [-0.1, -0.05) is 157 Å². The first-order valence-electron chi connectivity index (χ1n) is 19.3. The van der Waals surface area contributed by atoms with E-state index in [-0.39, 0.29) is 31.7 Å². The lowest BCUT2D eigenvalue weighted by Gasteiger charge is -2.44. The van der Waals surface area contributed by atoms with Crippen molar-refractivity contribution in [2.75, 3.05) is 26.6 Å². The van der Waals surface area contributed by atoms with Crippen LogP contribution in [0.15, 0.2) is 96.1 Å². The van der Waals surface area contributed by atoms with Crippen molar-refractivity contribution in [1.29, 1.82) is 0 Å². The summed E-state index contributed by atoms with van der Waals surface area (Å²) in [6.45, 7) is 24.7. The van der Waals surface area contributed by atoms with Crippen LogP contribution in [0.5, 0.6) is 0 Å². The Morgan fingerprint density at radius 1 is 0.818 bits per heavy atom. The molecule has 0 aliphatic carbocycles. The molecule has 0 spiro atoms. The second-order valence-electron chi connectivity index (χ2n) is 18.3. The summed E-state index contributed by atoms with van der Waals surface area (Å²) in [7, 11) is -6.85. The molecule has 13 heteroatoms. The summed E-state index contributed by atoms with van der Waals surface area (Å²) >= 11 is 0. The van der Waals surface area contributed by atoms with Gasteiger partial charge in [0.25, 0.3) is 8.32 Å². The van der Waals surface area contributed by atoms with Crippen LogP contribution in [-0.2, 0) is 39.2 Å². The summed E-state index contributed by atoms with van der Waals surface area (Å²) in [5.41, 5.74) is 9.20. The van der Waals surface area contributed by atoms with Gasteiger partial charge in [-0.15, -0.1) is 0 Å². The van der Waals surface area contributed by atoms with Crippen LogP contribution in [0.3, 0.4) is 0 Å². The Morgan fingerprint density at radius 2 is 1.36 bits per heavy atom. The van der Waals surface area contributed by atoms with E-state index in [1.165, 1.54) is 0 Å². The van der Waals surface area contributed by atoms with Gasteiger partial charge in [0.1, 0.15) is 19.0 Å². The monoisotopic (exact) mass is 805 g/mol. The van der Waals surface area contributed by atoms with Crippen LogP contribution < -0.4 is 10.4 Å². The quantitative estimate of drug-likeness (QED) is 0.0226. The third-order valence-corrected chi connectivity index (χ3v) is 22.1. The van der Waals surface area contributed by atoms with Crippen molar-refractivity contribution in [3.63, 3.8) is 0 Å². The van der Waals surface area contributed by atoms with Gasteiger partial charge in [0.15, 0.2) is 20.0 Å². The molecule has 3 aromatic carbocycles. The van der Waals surface area contributed by atoms with Gasteiger partial charge >= 0.3 is 5.97 Å². The molecule has 0 bridgehead atoms. The van der Waals surface area contributed by atoms with Crippen LogP contribution in [0.2, 0.25) is 48.9 Å². The first-order chi connectivity index (χ1) is 25.8. The number of hydrogen-bond donors (Lipinski definition) is 0. The molecule has 55 heavy (non-hydrogen) atoms. The van der Waals surface area contributed by atoms with Crippen molar-refractivity contribution in [3.05, 3.63) is 107 Å². The van der Waals surface area contributed by atoms with E-state index in [1.54, 1.807) is 0 Å². The predicted octanol–water partition coefficient (Wildman–Crippen LogP) is 8.84. The number of ether oxygens (including phenoxy) is 4. The molecule has 0 radical (unpaired) electrons. The highest BCUT2D eigenvalue weighted by molar-refractivity contribution is 6.99. The molecule has 1 aliphatic heterocycles. The second-order valence-corrected chi connectivity index (χ2v) is 33.0. The van der Waals surface area contributed by atoms with Gasteiger partial charge < -0.3 is 27.8 Å². The van der Waals surface area contributed by atoms with Gasteiger partial charge in [-0.05, 0) is 50.7 Å². The molecule has 4 rings (SSSR count). The van der Waals surface area contributed by atoms with E-state index in [0.717, 1.165) is 22.0 Å². The van der Waals surface area contributed by atoms with Crippen molar-refractivity contribution >= 4 is 41.1 Å². The summed E-state index contributed by atoms with van der Waals surface area (Å²) in [4.78, 5) is 17.8. The number of carbonyl (C=O) groups excluding carboxylic acids is 1. The van der Waals surface area contributed by atoms with Crippen LogP contribution in [0, 0.1) is 0 Å². The van der Waals surface area contributed by atoms with E-state index in [2.05, 4.69) is 109 Å². The molecule has 1 heterocycles. The molecule has 10 nitrogen and oxygen atoms in total. The number of nitrogens with zero attached hydrogens (tertiary/aromatic N) is 3. The molecule has 1 aliphatic rings. The molecule has 300 valence electrons. The van der Waals surface area contributed by atoms with E-state index in [0.29, 0.717) is 6.61 Å². The lowest BCUT2D eigenvalue weighted by atomic mass is 9.91. The van der Waals surface area contributed by atoms with Gasteiger partial charge in [-0.25, -0.2) is 0 Å². The predicted molar refractivity (Wildman–Crippen MR) is 227 cm³/mol. The molecule has 0 unspecified atom stereocenters. The Bertz CT molecular complexity index is 1670. The fourth-order valence-corrected chi connectivity index (χ4v) is 12.9. The molecule has 1 saturated heterocycles. The normalized spacial score (nSPS) is 20.2. The Kier molecular flexibility index (Phi) is 15.0. The summed E-state index contributed by atoms with van der Waals surface area (Å²) in [5.74, 6) is -0.730. The zero-order valence-corrected chi connectivity index (χ0v) is 37.8. The van der Waals surface area contributed by atoms with Crippen molar-refractivity contribution in [2.45, 2.75) is 121 Å². The smallest absolute Gasteiger partial charge is 0.323 e. The van der Waals surface area contributed by atoms with Crippen LogP contribution in [0.4, 0.5) is 0 Å². The fourth-order valence-electron chi connectivity index (χ4n) is 6.58. The lowest BCUT2D eigenvalue weighted by molar-refractivity contribution is -0.169. The molecule has 0 aromatic heterocycles. The fraction of sp³-hybridized carbons (Fsp3) is 0.548. The summed E-state index contributed by atoms with van der Waals surface area (Å²) in [6, 6.07) is 30.9. The van der Waals surface area contributed by atoms with Crippen molar-refractivity contribution in [1.82, 2.24) is 0 Å². The van der Waals surface area contributed by atoms with Crippen molar-refractivity contribution in [2.24, 2.45) is 5.11 Å². The van der Waals surface area contributed by atoms with Crippen molar-refractivity contribution in [3.8, 4) is 0 Å². The summed E-state index contributed by atoms with van der Waals surface area (Å²) < 4.78 is 39.5. The minimum atomic E-state index is -3.21. The number of esters is 1. The van der Waals surface area contributed by atoms with Crippen molar-refractivity contribution < 1.29 is 32.6 Å². The van der Waals surface area contributed by atoms with Gasteiger partial charge in [-0.3, -0.25) is 4.79 Å². The molecule has 4 atom stereocenters. The minimum Gasteiger partial charge on any atom is -0.456 e. The van der Waals surface area contributed by atoms with Gasteiger partial charge in [0.05, 0.1) is 19.8 Å². The maximum atomic E-state index is 14.6. The zero-order valence-electron chi connectivity index (χ0n) is 34.8. The average Bonchev–Trinajstić information content (AvgIpc) is 3.38. The number of rotatable bonds is 19. The maximum Gasteiger partial charge on any atom is 0.323 e. The Labute approximate surface area is 332 Å². The van der Waals surface area contributed by atoms with E-state index in [4.69, 9.17) is 27.8 Å². The topological polar surface area (TPSA) is 121 Å². The largest absolute Gasteiger partial charge is 0.456 e. The average molecular weight is 806 g/mol. The van der Waals surface area contributed by atoms with E-state index in [9.17, 15) is 10.3 Å². The first kappa shape index (κ1) is 44.6. The number of carbonyl (C=O) groups is 1. The molecule has 1 fully saturated rings. The van der Waals surface area contributed by atoms with Crippen LogP contribution in [0.1, 0.15) is 47.1 Å². The van der Waals surface area contributed by atoms with Crippen LogP contribution in [-0.4, -0.2) is 81.1 Å². The van der Waals surface area contributed by atoms with E-state index in [1.807, 2.05) is 66.7 Å². The van der Waals surface area contributed by atoms with Gasteiger partial charge in [-0.2, -0.15) is 0 Å². The van der Waals surface area contributed by atoms with Gasteiger partial charge in [0.2, 0.25) is 0 Å². The van der Waals surface area contributed by atoms with E-state index < -0.39 is 59.6 Å². The van der Waals surface area contributed by atoms with Crippen LogP contribution >= 0.6 is 0 Å². The van der Waals surface area contributed by atoms with Crippen LogP contribution in [0.25, 0.3) is 10.4 Å². The second kappa shape index (κ2) is 18.4. The van der Waals surface area contributed by atoms with E-state index >= 15 is 0 Å². The Hall–Kier alpha value is -3.11. The Balaban J connectivity index is 1.81. The molecule has 0 saturated carbocycles. The number of azide groups is 1. The maximum absolute atomic E-state index is 14.6. The highest BCUT2D eigenvalue weighted by atomic mass is 28.4. The molecular weight excluding hydrogens is 743 g/mol. The minimum absolute atomic E-state index is 0.0253. The molecular formula is C42H63N3O7Si3. The number of benzene rings is 3. The molecule has 0 amide bonds. The molecule has 0 N–H and O–H groups in total. The first-order valence-corrected chi connectivity index (χ1v) is 27.8. The highest BCUT2D eigenvalue weighted by Crippen LogP contribution is 2.42. The standard InChI is InChI=1S/C42H63N3O7Si3/c1-40(2,3)54(10,11)50-30-36(49-32-47-27-28-53(7,8)9)37-38(48-29-33-21-15-12-16-22-33)42(44-45-43,39(46)52-37)31-51-55(41(4,5)6,34-23-17-13-18-24-34)35-25-19-14-20-26-35/h12-26,36-38H,27-32H2,1-11H3/t36-,37+,38-,42-/m0/s1.